The van der Waals surface area contributed by atoms with Crippen molar-refractivity contribution in [1.29, 1.82) is 0 Å². The van der Waals surface area contributed by atoms with Crippen LogP contribution in [0, 0.1) is 0 Å². The first-order chi connectivity index (χ1) is 8.72. The Bertz CT molecular complexity index is 311. The Balaban J connectivity index is 2.03. The summed E-state index contributed by atoms with van der Waals surface area (Å²) in [5.74, 6) is 1.66. The van der Waals surface area contributed by atoms with Gasteiger partial charge in [0.2, 0.25) is 0 Å². The van der Waals surface area contributed by atoms with Gasteiger partial charge in [-0.1, -0.05) is 13.8 Å². The van der Waals surface area contributed by atoms with E-state index in [4.69, 9.17) is 14.2 Å². The van der Waals surface area contributed by atoms with Gasteiger partial charge in [-0.3, -0.25) is 0 Å². The van der Waals surface area contributed by atoms with Gasteiger partial charge < -0.3 is 19.5 Å². The number of benzene rings is 1. The number of rotatable bonds is 9. The van der Waals surface area contributed by atoms with Crippen LogP contribution >= 0.6 is 0 Å². The van der Waals surface area contributed by atoms with Crippen LogP contribution in [0.25, 0.3) is 0 Å². The third kappa shape index (κ3) is 6.47. The molecular weight excluding hydrogens is 230 g/mol. The zero-order valence-electron chi connectivity index (χ0n) is 11.4. The van der Waals surface area contributed by atoms with Gasteiger partial charge in [0.15, 0.2) is 0 Å². The number of methoxy groups -OCH3 is 1. The molecule has 0 spiro atoms. The Morgan fingerprint density at radius 1 is 1.00 bits per heavy atom. The summed E-state index contributed by atoms with van der Waals surface area (Å²) < 4.78 is 16.0. The van der Waals surface area contributed by atoms with Gasteiger partial charge in [0, 0.05) is 12.6 Å². The second-order valence-electron chi connectivity index (χ2n) is 4.25. The van der Waals surface area contributed by atoms with Crippen LogP contribution in [-0.2, 0) is 4.74 Å². The van der Waals surface area contributed by atoms with Crippen LogP contribution in [0.15, 0.2) is 24.3 Å². The van der Waals surface area contributed by atoms with Crippen LogP contribution in [0.5, 0.6) is 11.5 Å². The zero-order chi connectivity index (χ0) is 13.2. The number of hydrogen-bond acceptors (Lipinski definition) is 4. The van der Waals surface area contributed by atoms with Crippen molar-refractivity contribution in [1.82, 2.24) is 5.32 Å². The van der Waals surface area contributed by atoms with Crippen molar-refractivity contribution in [3.63, 3.8) is 0 Å². The summed E-state index contributed by atoms with van der Waals surface area (Å²) in [5, 5.41) is 3.29. The fraction of sp³-hybridized carbons (Fsp3) is 0.571. The van der Waals surface area contributed by atoms with Crippen molar-refractivity contribution in [2.24, 2.45) is 0 Å². The molecule has 4 heteroatoms. The molecule has 0 saturated heterocycles. The van der Waals surface area contributed by atoms with Crippen LogP contribution < -0.4 is 14.8 Å². The Hall–Kier alpha value is -1.26. The third-order valence-corrected chi connectivity index (χ3v) is 2.35. The minimum absolute atomic E-state index is 0.504. The van der Waals surface area contributed by atoms with E-state index >= 15 is 0 Å². The molecule has 0 atom stereocenters. The summed E-state index contributed by atoms with van der Waals surface area (Å²) in [4.78, 5) is 0. The van der Waals surface area contributed by atoms with Gasteiger partial charge in [0.05, 0.1) is 20.3 Å². The largest absolute Gasteiger partial charge is 0.497 e. The van der Waals surface area contributed by atoms with Crippen LogP contribution in [0.3, 0.4) is 0 Å². The first-order valence-corrected chi connectivity index (χ1v) is 6.30. The first kappa shape index (κ1) is 14.8. The monoisotopic (exact) mass is 253 g/mol. The van der Waals surface area contributed by atoms with Crippen molar-refractivity contribution in [2.45, 2.75) is 19.9 Å². The lowest BCUT2D eigenvalue weighted by atomic mass is 10.3. The lowest BCUT2D eigenvalue weighted by Crippen LogP contribution is -2.27. The van der Waals surface area contributed by atoms with Gasteiger partial charge in [-0.15, -0.1) is 0 Å². The SMILES string of the molecule is COc1ccc(OCCOCCNC(C)C)cc1. The van der Waals surface area contributed by atoms with Crippen molar-refractivity contribution in [3.05, 3.63) is 24.3 Å². The Morgan fingerprint density at radius 3 is 2.28 bits per heavy atom. The molecule has 0 saturated carbocycles. The van der Waals surface area contributed by atoms with Gasteiger partial charge >= 0.3 is 0 Å². The van der Waals surface area contributed by atoms with E-state index in [9.17, 15) is 0 Å². The Kier molecular flexibility index (Phi) is 7.22. The smallest absolute Gasteiger partial charge is 0.119 e. The molecule has 1 aromatic carbocycles. The van der Waals surface area contributed by atoms with E-state index in [0.717, 1.165) is 18.0 Å². The highest BCUT2D eigenvalue weighted by molar-refractivity contribution is 5.31. The quantitative estimate of drug-likeness (QED) is 0.684. The molecule has 0 aliphatic carbocycles. The van der Waals surface area contributed by atoms with Crippen LogP contribution in [0.4, 0.5) is 0 Å². The lowest BCUT2D eigenvalue weighted by Gasteiger charge is -2.09. The molecule has 18 heavy (non-hydrogen) atoms. The predicted octanol–water partition coefficient (Wildman–Crippen LogP) is 2.09. The molecule has 0 amide bonds. The standard InChI is InChI=1S/C14H23NO3/c1-12(2)15-8-9-17-10-11-18-14-6-4-13(16-3)5-7-14/h4-7,12,15H,8-11H2,1-3H3. The minimum atomic E-state index is 0.504. The second-order valence-corrected chi connectivity index (χ2v) is 4.25. The van der Waals surface area contributed by atoms with Crippen LogP contribution in [0.2, 0.25) is 0 Å². The number of hydrogen-bond donors (Lipinski definition) is 1. The van der Waals surface area contributed by atoms with Crippen LogP contribution in [-0.4, -0.2) is 39.5 Å². The van der Waals surface area contributed by atoms with E-state index in [1.54, 1.807) is 7.11 Å². The highest BCUT2D eigenvalue weighted by atomic mass is 16.5. The summed E-state index contributed by atoms with van der Waals surface area (Å²) in [6.45, 7) is 6.99. The normalized spacial score (nSPS) is 10.7. The number of nitrogens with one attached hydrogen (secondary N) is 1. The van der Waals surface area contributed by atoms with E-state index in [1.807, 2.05) is 24.3 Å². The minimum Gasteiger partial charge on any atom is -0.497 e. The van der Waals surface area contributed by atoms with E-state index in [0.29, 0.717) is 25.9 Å². The summed E-state index contributed by atoms with van der Waals surface area (Å²) in [6, 6.07) is 8.04. The fourth-order valence-corrected chi connectivity index (χ4v) is 1.41. The number of ether oxygens (including phenoxy) is 3. The molecule has 102 valence electrons. The molecule has 1 aromatic rings. The molecule has 1 rings (SSSR count). The Labute approximate surface area is 109 Å². The summed E-state index contributed by atoms with van der Waals surface area (Å²) >= 11 is 0. The van der Waals surface area contributed by atoms with E-state index < -0.39 is 0 Å². The highest BCUT2D eigenvalue weighted by Crippen LogP contribution is 2.16. The maximum absolute atomic E-state index is 5.53. The molecule has 0 bridgehead atoms. The van der Waals surface area contributed by atoms with Crippen molar-refractivity contribution < 1.29 is 14.2 Å². The fourth-order valence-electron chi connectivity index (χ4n) is 1.41. The van der Waals surface area contributed by atoms with Crippen molar-refractivity contribution >= 4 is 0 Å². The topological polar surface area (TPSA) is 39.7 Å². The average molecular weight is 253 g/mol. The maximum atomic E-state index is 5.53. The second kappa shape index (κ2) is 8.78. The van der Waals surface area contributed by atoms with Gasteiger partial charge in [-0.25, -0.2) is 0 Å². The molecule has 0 fully saturated rings. The molecule has 0 radical (unpaired) electrons. The molecule has 4 nitrogen and oxygen atoms in total. The van der Waals surface area contributed by atoms with Crippen molar-refractivity contribution in [2.75, 3.05) is 33.5 Å². The molecule has 1 N–H and O–H groups in total. The van der Waals surface area contributed by atoms with E-state index in [1.165, 1.54) is 0 Å². The summed E-state index contributed by atoms with van der Waals surface area (Å²) in [5.41, 5.74) is 0. The van der Waals surface area contributed by atoms with E-state index in [-0.39, 0.29) is 0 Å². The summed E-state index contributed by atoms with van der Waals surface area (Å²) in [6.07, 6.45) is 0. The van der Waals surface area contributed by atoms with Gasteiger partial charge in [-0.05, 0) is 24.3 Å². The van der Waals surface area contributed by atoms with Gasteiger partial charge in [0.1, 0.15) is 18.1 Å². The molecule has 0 aromatic heterocycles. The van der Waals surface area contributed by atoms with Gasteiger partial charge in [0.25, 0.3) is 0 Å². The average Bonchev–Trinajstić information content (AvgIpc) is 2.38. The van der Waals surface area contributed by atoms with E-state index in [2.05, 4.69) is 19.2 Å². The first-order valence-electron chi connectivity index (χ1n) is 6.30. The summed E-state index contributed by atoms with van der Waals surface area (Å²) in [7, 11) is 1.65. The lowest BCUT2D eigenvalue weighted by molar-refractivity contribution is 0.101. The molecule has 0 aliphatic heterocycles. The van der Waals surface area contributed by atoms with Gasteiger partial charge in [-0.2, -0.15) is 0 Å². The third-order valence-electron chi connectivity index (χ3n) is 2.35. The van der Waals surface area contributed by atoms with Crippen molar-refractivity contribution in [3.8, 4) is 11.5 Å². The van der Waals surface area contributed by atoms with Crippen LogP contribution in [0.1, 0.15) is 13.8 Å². The highest BCUT2D eigenvalue weighted by Gasteiger charge is 1.96. The maximum Gasteiger partial charge on any atom is 0.119 e. The predicted molar refractivity (Wildman–Crippen MR) is 72.4 cm³/mol. The Morgan fingerprint density at radius 2 is 1.67 bits per heavy atom. The molecule has 0 heterocycles. The zero-order valence-corrected chi connectivity index (χ0v) is 11.4. The molecule has 0 aliphatic rings. The molecular formula is C14H23NO3. The molecule has 0 unspecified atom stereocenters.